The van der Waals surface area contributed by atoms with Crippen LogP contribution in [0.15, 0.2) is 10.5 Å². The molecule has 0 saturated heterocycles. The lowest BCUT2D eigenvalue weighted by molar-refractivity contribution is -0.138. The Labute approximate surface area is 96.2 Å². The molecule has 1 rings (SSSR count). The molecule has 0 aliphatic carbocycles. The number of carbonyl (C=O) groups is 1. The van der Waals surface area contributed by atoms with Crippen LogP contribution < -0.4 is 0 Å². The van der Waals surface area contributed by atoms with Crippen molar-refractivity contribution in [3.05, 3.63) is 33.0 Å². The fourth-order valence-corrected chi connectivity index (χ4v) is 1.87. The molecule has 0 amide bonds. The van der Waals surface area contributed by atoms with Gasteiger partial charge in [0.1, 0.15) is 5.82 Å². The van der Waals surface area contributed by atoms with Crippen LogP contribution in [0.3, 0.4) is 0 Å². The summed E-state index contributed by atoms with van der Waals surface area (Å²) in [7, 11) is 0. The van der Waals surface area contributed by atoms with Gasteiger partial charge in [0.05, 0.1) is 5.92 Å². The molecule has 82 valence electrons. The Hall–Kier alpha value is -0.900. The molecule has 0 spiro atoms. The van der Waals surface area contributed by atoms with Crippen molar-refractivity contribution in [2.45, 2.75) is 26.7 Å². The molecule has 1 atom stereocenters. The highest BCUT2D eigenvalue weighted by atomic mass is 79.9. The standard InChI is InChI=1S/C11H12BrFO2/c1-5-8(6(2)11(14)15)4-9(13)7(3)10(5)12/h4,6H,1-3H3,(H,14,15). The Bertz CT molecular complexity index is 416. The van der Waals surface area contributed by atoms with Crippen LogP contribution in [0.4, 0.5) is 4.39 Å². The lowest BCUT2D eigenvalue weighted by atomic mass is 9.95. The Morgan fingerprint density at radius 3 is 2.47 bits per heavy atom. The first-order valence-corrected chi connectivity index (χ1v) is 5.33. The first kappa shape index (κ1) is 12.2. The quantitative estimate of drug-likeness (QED) is 0.898. The van der Waals surface area contributed by atoms with E-state index in [1.165, 1.54) is 6.07 Å². The third-order valence-electron chi connectivity index (χ3n) is 2.57. The van der Waals surface area contributed by atoms with Crippen LogP contribution in [-0.2, 0) is 4.79 Å². The second-order valence-electron chi connectivity index (χ2n) is 3.57. The van der Waals surface area contributed by atoms with Crippen molar-refractivity contribution in [1.82, 2.24) is 0 Å². The van der Waals surface area contributed by atoms with E-state index in [0.29, 0.717) is 15.6 Å². The average molecular weight is 275 g/mol. The largest absolute Gasteiger partial charge is 0.481 e. The Morgan fingerprint density at radius 1 is 1.47 bits per heavy atom. The molecule has 2 nitrogen and oxygen atoms in total. The van der Waals surface area contributed by atoms with Crippen LogP contribution in [-0.4, -0.2) is 11.1 Å². The second-order valence-corrected chi connectivity index (χ2v) is 4.36. The van der Waals surface area contributed by atoms with Crippen molar-refractivity contribution in [2.75, 3.05) is 0 Å². The third-order valence-corrected chi connectivity index (χ3v) is 3.76. The highest BCUT2D eigenvalue weighted by molar-refractivity contribution is 9.10. The van der Waals surface area contributed by atoms with Gasteiger partial charge >= 0.3 is 5.97 Å². The maximum Gasteiger partial charge on any atom is 0.310 e. The van der Waals surface area contributed by atoms with Crippen molar-refractivity contribution in [3.8, 4) is 0 Å². The fourth-order valence-electron chi connectivity index (χ4n) is 1.45. The van der Waals surface area contributed by atoms with E-state index in [-0.39, 0.29) is 5.82 Å². The molecule has 0 heterocycles. The molecule has 0 bridgehead atoms. The van der Waals surface area contributed by atoms with Gasteiger partial charge in [0, 0.05) is 4.47 Å². The Balaban J connectivity index is 3.38. The second kappa shape index (κ2) is 4.31. The summed E-state index contributed by atoms with van der Waals surface area (Å²) >= 11 is 3.27. The van der Waals surface area contributed by atoms with Gasteiger partial charge in [-0.05, 0) is 43.5 Å². The molecule has 0 aromatic heterocycles. The number of aliphatic carboxylic acids is 1. The van der Waals surface area contributed by atoms with E-state index < -0.39 is 11.9 Å². The summed E-state index contributed by atoms with van der Waals surface area (Å²) in [4.78, 5) is 10.8. The minimum Gasteiger partial charge on any atom is -0.481 e. The van der Waals surface area contributed by atoms with E-state index in [1.54, 1.807) is 20.8 Å². The van der Waals surface area contributed by atoms with Gasteiger partial charge in [-0.1, -0.05) is 15.9 Å². The number of hydrogen-bond donors (Lipinski definition) is 1. The van der Waals surface area contributed by atoms with E-state index in [0.717, 1.165) is 5.56 Å². The zero-order chi connectivity index (χ0) is 11.7. The van der Waals surface area contributed by atoms with Crippen LogP contribution >= 0.6 is 15.9 Å². The van der Waals surface area contributed by atoms with Crippen LogP contribution in [0.25, 0.3) is 0 Å². The topological polar surface area (TPSA) is 37.3 Å². The lowest BCUT2D eigenvalue weighted by Crippen LogP contribution is -2.10. The number of rotatable bonds is 2. The summed E-state index contributed by atoms with van der Waals surface area (Å²) in [5.41, 5.74) is 1.80. The fraction of sp³-hybridized carbons (Fsp3) is 0.364. The molecule has 15 heavy (non-hydrogen) atoms. The van der Waals surface area contributed by atoms with Crippen LogP contribution in [0.5, 0.6) is 0 Å². The summed E-state index contributed by atoms with van der Waals surface area (Å²) in [5.74, 6) is -2.03. The lowest BCUT2D eigenvalue weighted by Gasteiger charge is -2.14. The normalized spacial score (nSPS) is 12.6. The molecule has 1 unspecified atom stereocenters. The number of hydrogen-bond acceptors (Lipinski definition) is 1. The van der Waals surface area contributed by atoms with Gasteiger partial charge in [-0.15, -0.1) is 0 Å². The molecular formula is C11H12BrFO2. The smallest absolute Gasteiger partial charge is 0.310 e. The van der Waals surface area contributed by atoms with E-state index in [9.17, 15) is 9.18 Å². The van der Waals surface area contributed by atoms with E-state index >= 15 is 0 Å². The molecule has 0 aliphatic heterocycles. The molecular weight excluding hydrogens is 263 g/mol. The summed E-state index contributed by atoms with van der Waals surface area (Å²) in [5, 5.41) is 8.87. The minimum atomic E-state index is -0.951. The molecule has 1 aromatic carbocycles. The van der Waals surface area contributed by atoms with Crippen molar-refractivity contribution >= 4 is 21.9 Å². The molecule has 4 heteroatoms. The van der Waals surface area contributed by atoms with Crippen LogP contribution in [0, 0.1) is 19.7 Å². The van der Waals surface area contributed by atoms with Gasteiger partial charge < -0.3 is 5.11 Å². The van der Waals surface area contributed by atoms with Crippen molar-refractivity contribution < 1.29 is 14.3 Å². The highest BCUT2D eigenvalue weighted by Crippen LogP contribution is 2.30. The molecule has 1 aromatic rings. The number of carboxylic acid groups (broad SMARTS) is 1. The maximum absolute atomic E-state index is 13.4. The predicted octanol–water partition coefficient (Wildman–Crippen LogP) is 3.39. The van der Waals surface area contributed by atoms with E-state index in [4.69, 9.17) is 5.11 Å². The van der Waals surface area contributed by atoms with E-state index in [2.05, 4.69) is 15.9 Å². The average Bonchev–Trinajstić information content (AvgIpc) is 2.19. The number of halogens is 2. The number of benzene rings is 1. The van der Waals surface area contributed by atoms with Crippen LogP contribution in [0.2, 0.25) is 0 Å². The van der Waals surface area contributed by atoms with E-state index in [1.807, 2.05) is 0 Å². The molecule has 1 N–H and O–H groups in total. The minimum absolute atomic E-state index is 0.379. The zero-order valence-electron chi connectivity index (χ0n) is 8.77. The van der Waals surface area contributed by atoms with Crippen LogP contribution in [0.1, 0.15) is 29.5 Å². The van der Waals surface area contributed by atoms with Gasteiger partial charge in [0.25, 0.3) is 0 Å². The SMILES string of the molecule is Cc1c(F)cc(C(C)C(=O)O)c(C)c1Br. The first-order valence-electron chi connectivity index (χ1n) is 4.54. The van der Waals surface area contributed by atoms with Gasteiger partial charge in [0.15, 0.2) is 0 Å². The molecule has 0 saturated carbocycles. The monoisotopic (exact) mass is 274 g/mol. The summed E-state index contributed by atoms with van der Waals surface area (Å²) < 4.78 is 14.1. The summed E-state index contributed by atoms with van der Waals surface area (Å²) in [6.07, 6.45) is 0. The van der Waals surface area contributed by atoms with Gasteiger partial charge in [-0.25, -0.2) is 4.39 Å². The van der Waals surface area contributed by atoms with Crippen molar-refractivity contribution in [2.24, 2.45) is 0 Å². The highest BCUT2D eigenvalue weighted by Gasteiger charge is 2.19. The zero-order valence-corrected chi connectivity index (χ0v) is 10.4. The number of carboxylic acids is 1. The predicted molar refractivity (Wildman–Crippen MR) is 59.6 cm³/mol. The molecule has 0 radical (unpaired) electrons. The summed E-state index contributed by atoms with van der Waals surface area (Å²) in [6.45, 7) is 4.98. The molecule has 0 aliphatic rings. The van der Waals surface area contributed by atoms with Gasteiger partial charge in [0.2, 0.25) is 0 Å². The van der Waals surface area contributed by atoms with Crippen molar-refractivity contribution in [1.29, 1.82) is 0 Å². The summed E-state index contributed by atoms with van der Waals surface area (Å²) in [6, 6.07) is 1.30. The maximum atomic E-state index is 13.4. The Kier molecular flexibility index (Phi) is 3.50. The third kappa shape index (κ3) is 2.20. The Morgan fingerprint density at radius 2 is 2.00 bits per heavy atom. The van der Waals surface area contributed by atoms with Gasteiger partial charge in [-0.2, -0.15) is 0 Å². The van der Waals surface area contributed by atoms with Gasteiger partial charge in [-0.3, -0.25) is 4.79 Å². The van der Waals surface area contributed by atoms with Crippen molar-refractivity contribution in [3.63, 3.8) is 0 Å². The molecule has 0 fully saturated rings. The first-order chi connectivity index (χ1) is 6.86.